The molecular weight excluding hydrogens is 418 g/mol. The van der Waals surface area contributed by atoms with E-state index in [1.165, 1.54) is 28.9 Å². The maximum absolute atomic E-state index is 12.5. The van der Waals surface area contributed by atoms with E-state index < -0.39 is 11.2 Å². The van der Waals surface area contributed by atoms with Crippen molar-refractivity contribution in [2.75, 3.05) is 35.7 Å². The van der Waals surface area contributed by atoms with Gasteiger partial charge < -0.3 is 21.3 Å². The topological polar surface area (TPSA) is 127 Å². The minimum atomic E-state index is -0.439. The fraction of sp³-hybridized carbons (Fsp3) is 0.500. The van der Waals surface area contributed by atoms with Crippen molar-refractivity contribution < 1.29 is 4.79 Å². The zero-order valence-corrected chi connectivity index (χ0v) is 18.8. The van der Waals surface area contributed by atoms with Crippen molar-refractivity contribution in [1.82, 2.24) is 14.5 Å². The lowest BCUT2D eigenvalue weighted by molar-refractivity contribution is -0.116. The van der Waals surface area contributed by atoms with Crippen LogP contribution in [0.15, 0.2) is 38.4 Å². The van der Waals surface area contributed by atoms with E-state index in [-0.39, 0.29) is 25.2 Å². The molecule has 0 saturated heterocycles. The molecule has 168 valence electrons. The van der Waals surface area contributed by atoms with Crippen LogP contribution in [0.1, 0.15) is 13.3 Å². The van der Waals surface area contributed by atoms with E-state index in [0.717, 1.165) is 23.1 Å². The number of nitrogens with zero attached hydrogens (tertiary/aromatic N) is 4. The van der Waals surface area contributed by atoms with Crippen molar-refractivity contribution in [3.8, 4) is 0 Å². The molecule has 0 radical (unpaired) electrons. The van der Waals surface area contributed by atoms with Gasteiger partial charge in [0.2, 0.25) is 0 Å². The van der Waals surface area contributed by atoms with Crippen LogP contribution in [0.2, 0.25) is 0 Å². The van der Waals surface area contributed by atoms with Gasteiger partial charge in [-0.05, 0) is 18.5 Å². The average Bonchev–Trinajstić information content (AvgIpc) is 3.18. The predicted molar refractivity (Wildman–Crippen MR) is 126 cm³/mol. The molecule has 0 fully saturated rings. The van der Waals surface area contributed by atoms with E-state index in [1.54, 1.807) is 11.9 Å². The third-order valence-electron chi connectivity index (χ3n) is 5.29. The molecule has 2 atom stereocenters. The molecule has 0 spiro atoms. The maximum Gasteiger partial charge on any atom is 0.332 e. The minimum absolute atomic E-state index is 0.0593. The third-order valence-corrected chi connectivity index (χ3v) is 6.10. The molecule has 2 heterocycles. The number of rotatable bonds is 8. The van der Waals surface area contributed by atoms with Gasteiger partial charge in [-0.2, -0.15) is 0 Å². The summed E-state index contributed by atoms with van der Waals surface area (Å²) in [7, 11) is 2.99. The number of thioether (sulfide) groups is 1. The number of hydrogen-bond acceptors (Lipinski definition) is 8. The van der Waals surface area contributed by atoms with Crippen LogP contribution < -0.4 is 32.5 Å². The molecule has 1 aliphatic carbocycles. The number of hydrogen-bond donors (Lipinski definition) is 3. The van der Waals surface area contributed by atoms with Crippen LogP contribution in [0.4, 0.5) is 11.5 Å². The van der Waals surface area contributed by atoms with E-state index in [9.17, 15) is 14.4 Å². The largest absolute Gasteiger partial charge is 0.352 e. The lowest BCUT2D eigenvalue weighted by Crippen LogP contribution is -2.40. The number of fused-ring (bicyclic) bond motifs is 1. The molecule has 1 aromatic rings. The molecule has 1 amide bonds. The van der Waals surface area contributed by atoms with Gasteiger partial charge in [0.15, 0.2) is 0 Å². The second kappa shape index (κ2) is 10.1. The second-order valence-corrected chi connectivity index (χ2v) is 8.34. The van der Waals surface area contributed by atoms with Crippen LogP contribution in [0.25, 0.3) is 0 Å². The number of amides is 1. The van der Waals surface area contributed by atoms with E-state index >= 15 is 0 Å². The first kappa shape index (κ1) is 23.0. The number of likely N-dealkylation sites (N-methyl/N-ethyl adjacent to an activating group) is 1. The summed E-state index contributed by atoms with van der Waals surface area (Å²) in [5, 5.41) is 6.37. The van der Waals surface area contributed by atoms with E-state index in [0.29, 0.717) is 23.3 Å². The number of aliphatic imine (C=N–C) groups is 1. The summed E-state index contributed by atoms with van der Waals surface area (Å²) in [5.74, 6) is 0.641. The third kappa shape index (κ3) is 5.17. The van der Waals surface area contributed by atoms with Crippen molar-refractivity contribution in [2.45, 2.75) is 25.4 Å². The Balaban J connectivity index is 1.51. The second-order valence-electron chi connectivity index (χ2n) is 7.47. The van der Waals surface area contributed by atoms with E-state index in [1.807, 2.05) is 0 Å². The van der Waals surface area contributed by atoms with Crippen LogP contribution in [-0.4, -0.2) is 58.2 Å². The van der Waals surface area contributed by atoms with Gasteiger partial charge in [-0.1, -0.05) is 25.2 Å². The van der Waals surface area contributed by atoms with Crippen LogP contribution in [0.3, 0.4) is 0 Å². The molecule has 2 aliphatic rings. The lowest BCUT2D eigenvalue weighted by atomic mass is 9.99. The van der Waals surface area contributed by atoms with Gasteiger partial charge in [0.05, 0.1) is 12.2 Å². The molecule has 0 bridgehead atoms. The first-order valence-electron chi connectivity index (χ1n) is 10.2. The zero-order valence-electron chi connectivity index (χ0n) is 18.0. The molecular formula is C20H29N7O3S. The molecule has 3 rings (SSSR count). The molecule has 2 unspecified atom stereocenters. The van der Waals surface area contributed by atoms with Gasteiger partial charge in [-0.25, -0.2) is 9.79 Å². The summed E-state index contributed by atoms with van der Waals surface area (Å²) in [6.07, 6.45) is 7.24. The quantitative estimate of drug-likeness (QED) is 0.368. The minimum Gasteiger partial charge on any atom is -0.352 e. The number of carbonyl (C=O) groups excluding carboxylic acids is 1. The van der Waals surface area contributed by atoms with Gasteiger partial charge in [-0.3, -0.25) is 18.7 Å². The average molecular weight is 448 g/mol. The highest BCUT2D eigenvalue weighted by atomic mass is 32.2. The summed E-state index contributed by atoms with van der Waals surface area (Å²) in [6, 6.07) is 0.224. The summed E-state index contributed by atoms with van der Waals surface area (Å²) < 4.78 is 2.38. The Hall–Kier alpha value is -2.63. The molecule has 4 N–H and O–H groups in total. The highest BCUT2D eigenvalue weighted by molar-refractivity contribution is 8.12. The SMILES string of the molecule is CCNC1C=CC(C(N)CS/C=N\C(=O)CN2CNc3c2c(=O)n(C)c(=O)n3C)=CC1. The Morgan fingerprint density at radius 3 is 2.87 bits per heavy atom. The van der Waals surface area contributed by atoms with Crippen LogP contribution >= 0.6 is 11.8 Å². The number of carbonyl (C=O) groups is 1. The number of nitrogens with one attached hydrogen (secondary N) is 2. The Morgan fingerprint density at radius 2 is 2.19 bits per heavy atom. The highest BCUT2D eigenvalue weighted by Crippen LogP contribution is 2.25. The normalized spacial score (nSPS) is 18.8. The predicted octanol–water partition coefficient (Wildman–Crippen LogP) is -0.247. The van der Waals surface area contributed by atoms with Crippen LogP contribution in [0, 0.1) is 0 Å². The molecule has 0 saturated carbocycles. The first-order chi connectivity index (χ1) is 14.8. The summed E-state index contributed by atoms with van der Waals surface area (Å²) >= 11 is 1.37. The standard InChI is InChI=1S/C20H29N7O3S/c1-4-22-14-7-5-13(6-8-14)15(21)10-31-12-24-16(28)9-27-11-23-18-17(27)19(29)26(3)20(30)25(18)2/h5-7,12,14-15,22-23H,4,8-11,21H2,1-3H3/b24-12-. The highest BCUT2D eigenvalue weighted by Gasteiger charge is 2.27. The van der Waals surface area contributed by atoms with Crippen LogP contribution in [0.5, 0.6) is 0 Å². The van der Waals surface area contributed by atoms with Crippen LogP contribution in [-0.2, 0) is 18.9 Å². The number of aromatic nitrogens is 2. The molecule has 0 aromatic carbocycles. The Kier molecular flexibility index (Phi) is 7.52. The number of nitrogens with two attached hydrogens (primary N) is 1. The zero-order chi connectivity index (χ0) is 22.5. The Bertz CT molecular complexity index is 1040. The van der Waals surface area contributed by atoms with Gasteiger partial charge in [0.1, 0.15) is 18.1 Å². The van der Waals surface area contributed by atoms with Crippen molar-refractivity contribution >= 4 is 34.7 Å². The van der Waals surface area contributed by atoms with Crippen molar-refractivity contribution in [2.24, 2.45) is 24.8 Å². The molecule has 1 aromatic heterocycles. The molecule has 1 aliphatic heterocycles. The monoisotopic (exact) mass is 447 g/mol. The molecule has 10 nitrogen and oxygen atoms in total. The van der Waals surface area contributed by atoms with E-state index in [4.69, 9.17) is 5.73 Å². The summed E-state index contributed by atoms with van der Waals surface area (Å²) in [6.45, 7) is 3.21. The van der Waals surface area contributed by atoms with Gasteiger partial charge in [0.25, 0.3) is 11.5 Å². The van der Waals surface area contributed by atoms with Gasteiger partial charge >= 0.3 is 5.69 Å². The lowest BCUT2D eigenvalue weighted by Gasteiger charge is -2.20. The van der Waals surface area contributed by atoms with Gasteiger partial charge in [-0.15, -0.1) is 11.8 Å². The van der Waals surface area contributed by atoms with Gasteiger partial charge in [0, 0.05) is 31.9 Å². The molecule has 31 heavy (non-hydrogen) atoms. The Labute approximate surface area is 184 Å². The van der Waals surface area contributed by atoms with Crippen molar-refractivity contribution in [1.29, 1.82) is 0 Å². The molecule has 11 heteroatoms. The summed E-state index contributed by atoms with van der Waals surface area (Å²) in [4.78, 5) is 42.3. The summed E-state index contributed by atoms with van der Waals surface area (Å²) in [5.41, 5.74) is 8.26. The smallest absolute Gasteiger partial charge is 0.332 e. The van der Waals surface area contributed by atoms with E-state index in [2.05, 4.69) is 40.8 Å². The van der Waals surface area contributed by atoms with Crippen molar-refractivity contribution in [3.63, 3.8) is 0 Å². The fourth-order valence-electron chi connectivity index (χ4n) is 3.57. The number of anilines is 2. The Morgan fingerprint density at radius 1 is 1.42 bits per heavy atom. The maximum atomic E-state index is 12.5. The fourth-order valence-corrected chi connectivity index (χ4v) is 4.24. The first-order valence-corrected chi connectivity index (χ1v) is 11.2. The van der Waals surface area contributed by atoms with Crippen molar-refractivity contribution in [3.05, 3.63) is 44.6 Å².